The van der Waals surface area contributed by atoms with Crippen molar-refractivity contribution in [1.82, 2.24) is 5.32 Å². The van der Waals surface area contributed by atoms with Crippen molar-refractivity contribution in [3.05, 3.63) is 33.4 Å². The summed E-state index contributed by atoms with van der Waals surface area (Å²) in [5.41, 5.74) is 0.851. The van der Waals surface area contributed by atoms with Gasteiger partial charge in [-0.25, -0.2) is 4.79 Å². The number of benzene rings is 1. The van der Waals surface area contributed by atoms with Gasteiger partial charge in [-0.1, -0.05) is 32.0 Å². The summed E-state index contributed by atoms with van der Waals surface area (Å²) in [4.78, 5) is 23.1. The van der Waals surface area contributed by atoms with Crippen LogP contribution >= 0.6 is 22.6 Å². The summed E-state index contributed by atoms with van der Waals surface area (Å²) in [5.74, 6) is -1.59. The highest BCUT2D eigenvalue weighted by molar-refractivity contribution is 14.1. The van der Waals surface area contributed by atoms with Gasteiger partial charge in [0.2, 0.25) is 5.91 Å². The van der Waals surface area contributed by atoms with Crippen LogP contribution in [0.5, 0.6) is 0 Å². The van der Waals surface area contributed by atoms with E-state index in [2.05, 4.69) is 27.9 Å². The summed E-state index contributed by atoms with van der Waals surface area (Å²) in [5, 5.41) is 21.4. The average molecular weight is 405 g/mol. The standard InChI is InChI=1S/C15H20INO4/c1-9(2)7-13(18)14(19)17-12(15(20)21)8-10-5-3-4-6-11(10)16/h3-6,9,12-13,18H,7-8H2,1-2H3,(H,17,19)(H,20,21)/t12-,13+/m1/s1. The summed E-state index contributed by atoms with van der Waals surface area (Å²) in [6, 6.07) is 6.35. The van der Waals surface area contributed by atoms with Crippen molar-refractivity contribution in [2.45, 2.75) is 38.8 Å². The molecule has 1 rings (SSSR count). The van der Waals surface area contributed by atoms with Crippen molar-refractivity contribution in [1.29, 1.82) is 0 Å². The van der Waals surface area contributed by atoms with Crippen LogP contribution in [0.25, 0.3) is 0 Å². The molecule has 6 heteroatoms. The highest BCUT2D eigenvalue weighted by atomic mass is 127. The number of carbonyl (C=O) groups excluding carboxylic acids is 1. The number of nitrogens with one attached hydrogen (secondary N) is 1. The van der Waals surface area contributed by atoms with Crippen LogP contribution in [0.1, 0.15) is 25.8 Å². The van der Waals surface area contributed by atoms with E-state index in [0.717, 1.165) is 9.13 Å². The Labute approximate surface area is 137 Å². The van der Waals surface area contributed by atoms with Gasteiger partial charge in [-0.2, -0.15) is 0 Å². The van der Waals surface area contributed by atoms with Crippen molar-refractivity contribution >= 4 is 34.5 Å². The molecule has 2 atom stereocenters. The summed E-state index contributed by atoms with van der Waals surface area (Å²) < 4.78 is 0.943. The zero-order chi connectivity index (χ0) is 16.0. The van der Waals surface area contributed by atoms with Gasteiger partial charge >= 0.3 is 5.97 Å². The predicted octanol–water partition coefficient (Wildman–Crippen LogP) is 1.81. The zero-order valence-corrected chi connectivity index (χ0v) is 14.2. The van der Waals surface area contributed by atoms with Gasteiger partial charge in [-0.05, 0) is 46.6 Å². The number of carboxylic acids is 1. The molecule has 0 unspecified atom stereocenters. The Hall–Kier alpha value is -1.15. The lowest BCUT2D eigenvalue weighted by Gasteiger charge is -2.18. The minimum absolute atomic E-state index is 0.157. The number of aliphatic hydroxyl groups excluding tert-OH is 1. The predicted molar refractivity (Wildman–Crippen MR) is 87.9 cm³/mol. The maximum absolute atomic E-state index is 11.8. The van der Waals surface area contributed by atoms with Crippen molar-refractivity contribution in [3.8, 4) is 0 Å². The Morgan fingerprint density at radius 2 is 1.90 bits per heavy atom. The first-order chi connectivity index (χ1) is 9.81. The number of amides is 1. The van der Waals surface area contributed by atoms with Gasteiger partial charge in [-0.15, -0.1) is 0 Å². The molecule has 0 aliphatic heterocycles. The molecule has 0 heterocycles. The Morgan fingerprint density at radius 1 is 1.29 bits per heavy atom. The summed E-state index contributed by atoms with van der Waals surface area (Å²) in [7, 11) is 0. The van der Waals surface area contributed by atoms with E-state index < -0.39 is 24.0 Å². The first-order valence-corrected chi connectivity index (χ1v) is 7.83. The SMILES string of the molecule is CC(C)C[C@H](O)C(=O)N[C@H](Cc1ccccc1I)C(=O)O. The molecule has 0 bridgehead atoms. The van der Waals surface area contributed by atoms with Crippen LogP contribution in [0.3, 0.4) is 0 Å². The van der Waals surface area contributed by atoms with Crippen molar-refractivity contribution in [2.75, 3.05) is 0 Å². The Kier molecular flexibility index (Phi) is 7.10. The molecule has 21 heavy (non-hydrogen) atoms. The maximum atomic E-state index is 11.8. The largest absolute Gasteiger partial charge is 0.480 e. The molecule has 0 radical (unpaired) electrons. The lowest BCUT2D eigenvalue weighted by Crippen LogP contribution is -2.47. The fourth-order valence-electron chi connectivity index (χ4n) is 1.91. The molecular formula is C15H20INO4. The van der Waals surface area contributed by atoms with Crippen LogP contribution in [-0.4, -0.2) is 34.2 Å². The Morgan fingerprint density at radius 3 is 2.43 bits per heavy atom. The van der Waals surface area contributed by atoms with Gasteiger partial charge in [0.05, 0.1) is 0 Å². The van der Waals surface area contributed by atoms with Crippen LogP contribution in [0.2, 0.25) is 0 Å². The van der Waals surface area contributed by atoms with E-state index in [-0.39, 0.29) is 12.3 Å². The third kappa shape index (κ3) is 6.01. The minimum Gasteiger partial charge on any atom is -0.480 e. The number of rotatable bonds is 7. The summed E-state index contributed by atoms with van der Waals surface area (Å²) in [6.07, 6.45) is -0.683. The van der Waals surface area contributed by atoms with E-state index in [1.807, 2.05) is 38.1 Å². The third-order valence-electron chi connectivity index (χ3n) is 2.99. The van der Waals surface area contributed by atoms with E-state index in [1.165, 1.54) is 0 Å². The van der Waals surface area contributed by atoms with Gasteiger partial charge in [0.1, 0.15) is 12.1 Å². The van der Waals surface area contributed by atoms with Crippen LogP contribution in [0.15, 0.2) is 24.3 Å². The van der Waals surface area contributed by atoms with Gasteiger partial charge in [0, 0.05) is 9.99 Å². The molecule has 0 aliphatic rings. The van der Waals surface area contributed by atoms with Gasteiger partial charge < -0.3 is 15.5 Å². The van der Waals surface area contributed by atoms with E-state index in [1.54, 1.807) is 0 Å². The summed E-state index contributed by atoms with van der Waals surface area (Å²) in [6.45, 7) is 3.77. The average Bonchev–Trinajstić information content (AvgIpc) is 2.39. The van der Waals surface area contributed by atoms with E-state index in [0.29, 0.717) is 6.42 Å². The third-order valence-corrected chi connectivity index (χ3v) is 4.05. The van der Waals surface area contributed by atoms with E-state index in [4.69, 9.17) is 0 Å². The molecule has 1 amide bonds. The first kappa shape index (κ1) is 17.9. The molecule has 1 aromatic rings. The molecule has 0 saturated heterocycles. The fourth-order valence-corrected chi connectivity index (χ4v) is 2.51. The van der Waals surface area contributed by atoms with Gasteiger partial charge in [0.25, 0.3) is 0 Å². The monoisotopic (exact) mass is 405 g/mol. The Balaban J connectivity index is 2.73. The molecule has 0 fully saturated rings. The quantitative estimate of drug-likeness (QED) is 0.604. The van der Waals surface area contributed by atoms with E-state index >= 15 is 0 Å². The second-order valence-electron chi connectivity index (χ2n) is 5.34. The van der Waals surface area contributed by atoms with E-state index in [9.17, 15) is 19.8 Å². The lowest BCUT2D eigenvalue weighted by molar-refractivity contribution is -0.143. The minimum atomic E-state index is -1.18. The topological polar surface area (TPSA) is 86.6 Å². The van der Waals surface area contributed by atoms with Crippen LogP contribution in [0, 0.1) is 9.49 Å². The normalized spacial score (nSPS) is 13.8. The van der Waals surface area contributed by atoms with Gasteiger partial charge in [-0.3, -0.25) is 4.79 Å². The molecule has 0 aliphatic carbocycles. The second kappa shape index (κ2) is 8.33. The number of carbonyl (C=O) groups is 2. The summed E-state index contributed by atoms with van der Waals surface area (Å²) >= 11 is 2.13. The van der Waals surface area contributed by atoms with Crippen molar-refractivity contribution in [2.24, 2.45) is 5.92 Å². The number of halogens is 1. The second-order valence-corrected chi connectivity index (χ2v) is 6.50. The van der Waals surface area contributed by atoms with Crippen LogP contribution in [0.4, 0.5) is 0 Å². The molecule has 1 aromatic carbocycles. The molecule has 116 valence electrons. The fraction of sp³-hybridized carbons (Fsp3) is 0.467. The van der Waals surface area contributed by atoms with Crippen LogP contribution in [-0.2, 0) is 16.0 Å². The smallest absolute Gasteiger partial charge is 0.326 e. The molecule has 3 N–H and O–H groups in total. The zero-order valence-electron chi connectivity index (χ0n) is 12.0. The molecule has 0 spiro atoms. The van der Waals surface area contributed by atoms with Gasteiger partial charge in [0.15, 0.2) is 0 Å². The van der Waals surface area contributed by atoms with Crippen LogP contribution < -0.4 is 5.32 Å². The first-order valence-electron chi connectivity index (χ1n) is 6.76. The van der Waals surface area contributed by atoms with Crippen molar-refractivity contribution < 1.29 is 19.8 Å². The highest BCUT2D eigenvalue weighted by Crippen LogP contribution is 2.14. The number of carboxylic acid groups (broad SMARTS) is 1. The maximum Gasteiger partial charge on any atom is 0.326 e. The lowest BCUT2D eigenvalue weighted by atomic mass is 10.0. The number of aliphatic carboxylic acids is 1. The molecule has 0 aromatic heterocycles. The highest BCUT2D eigenvalue weighted by Gasteiger charge is 2.25. The Bertz CT molecular complexity index is 504. The molecular weight excluding hydrogens is 385 g/mol. The number of hydrogen-bond acceptors (Lipinski definition) is 3. The molecule has 0 saturated carbocycles. The van der Waals surface area contributed by atoms with Crippen molar-refractivity contribution in [3.63, 3.8) is 0 Å². The number of aliphatic hydroxyl groups is 1. The number of hydrogen-bond donors (Lipinski definition) is 3. The molecule has 5 nitrogen and oxygen atoms in total.